The average Bonchev–Trinajstić information content (AvgIpc) is 2.57. The Morgan fingerprint density at radius 2 is 1.88 bits per heavy atom. The van der Waals surface area contributed by atoms with Crippen molar-refractivity contribution in [2.75, 3.05) is 0 Å². The molecule has 0 amide bonds. The van der Waals surface area contributed by atoms with Gasteiger partial charge in [-0.15, -0.1) is 0 Å². The first-order valence-electron chi connectivity index (χ1n) is 5.36. The van der Waals surface area contributed by atoms with Gasteiger partial charge in [0.25, 0.3) is 0 Å². The van der Waals surface area contributed by atoms with Crippen molar-refractivity contribution < 1.29 is 4.42 Å². The van der Waals surface area contributed by atoms with Crippen LogP contribution in [0, 0.1) is 18.3 Å². The summed E-state index contributed by atoms with van der Waals surface area (Å²) in [7, 11) is 0. The zero-order valence-electron chi connectivity index (χ0n) is 10.1. The van der Waals surface area contributed by atoms with Gasteiger partial charge in [0.05, 0.1) is 0 Å². The Kier molecular flexibility index (Phi) is 2.27. The minimum atomic E-state index is 0.0227. The van der Waals surface area contributed by atoms with E-state index >= 15 is 0 Å². The van der Waals surface area contributed by atoms with Crippen LogP contribution in [0.3, 0.4) is 0 Å². The maximum atomic E-state index is 8.86. The first-order valence-corrected chi connectivity index (χ1v) is 5.36. The van der Waals surface area contributed by atoms with Crippen molar-refractivity contribution in [2.24, 2.45) is 0 Å². The zero-order chi connectivity index (χ0) is 11.9. The molecule has 1 aromatic carbocycles. The van der Waals surface area contributed by atoms with E-state index in [1.807, 2.05) is 6.07 Å². The summed E-state index contributed by atoms with van der Waals surface area (Å²) in [5.41, 5.74) is 3.22. The molecule has 0 bridgehead atoms. The minimum Gasteiger partial charge on any atom is -0.445 e. The van der Waals surface area contributed by atoms with Gasteiger partial charge in [-0.3, -0.25) is 0 Å². The predicted octanol–water partition coefficient (Wildman–Crippen LogP) is 3.91. The lowest BCUT2D eigenvalue weighted by Crippen LogP contribution is -2.11. The highest BCUT2D eigenvalue weighted by atomic mass is 16.3. The second kappa shape index (κ2) is 3.38. The molecular weight excluding hydrogens is 198 g/mol. The highest BCUT2D eigenvalue weighted by Gasteiger charge is 2.20. The quantitative estimate of drug-likeness (QED) is 0.665. The molecule has 1 heterocycles. The number of hydrogen-bond acceptors (Lipinski definition) is 2. The monoisotopic (exact) mass is 213 g/mol. The minimum absolute atomic E-state index is 0.0227. The molecular formula is C14H15NO. The van der Waals surface area contributed by atoms with Crippen LogP contribution in [-0.2, 0) is 5.41 Å². The van der Waals surface area contributed by atoms with Crippen molar-refractivity contribution in [3.8, 4) is 6.07 Å². The molecule has 0 radical (unpaired) electrons. The third kappa shape index (κ3) is 1.69. The molecule has 0 N–H and O–H groups in total. The number of furan rings is 1. The molecule has 1 aromatic heterocycles. The van der Waals surface area contributed by atoms with Gasteiger partial charge in [0.15, 0.2) is 0 Å². The van der Waals surface area contributed by atoms with E-state index in [-0.39, 0.29) is 5.41 Å². The van der Waals surface area contributed by atoms with Crippen LogP contribution in [0.25, 0.3) is 11.0 Å². The first-order chi connectivity index (χ1) is 7.41. The fourth-order valence-corrected chi connectivity index (χ4v) is 1.92. The van der Waals surface area contributed by atoms with Crippen molar-refractivity contribution in [1.29, 1.82) is 5.26 Å². The first kappa shape index (κ1) is 10.8. The molecule has 0 saturated heterocycles. The molecule has 0 unspecified atom stereocenters. The lowest BCUT2D eigenvalue weighted by atomic mass is 9.85. The molecule has 82 valence electrons. The molecule has 0 saturated carbocycles. The van der Waals surface area contributed by atoms with Crippen LogP contribution in [0.15, 0.2) is 22.6 Å². The third-order valence-corrected chi connectivity index (χ3v) is 2.68. The Morgan fingerprint density at radius 1 is 1.19 bits per heavy atom. The van der Waals surface area contributed by atoms with Gasteiger partial charge in [0, 0.05) is 17.0 Å². The molecule has 0 atom stereocenters. The van der Waals surface area contributed by atoms with Crippen molar-refractivity contribution in [3.63, 3.8) is 0 Å². The van der Waals surface area contributed by atoms with E-state index in [9.17, 15) is 0 Å². The van der Waals surface area contributed by atoms with Crippen LogP contribution in [-0.4, -0.2) is 0 Å². The number of aryl methyl sites for hydroxylation is 1. The second-order valence-corrected chi connectivity index (χ2v) is 5.20. The van der Waals surface area contributed by atoms with Crippen molar-refractivity contribution >= 4 is 11.0 Å². The predicted molar refractivity (Wildman–Crippen MR) is 64.4 cm³/mol. The highest BCUT2D eigenvalue weighted by Crippen LogP contribution is 2.32. The average molecular weight is 213 g/mol. The maximum absolute atomic E-state index is 8.86. The Bertz CT molecular complexity index is 579. The van der Waals surface area contributed by atoms with Crippen LogP contribution in [0.1, 0.15) is 37.7 Å². The summed E-state index contributed by atoms with van der Waals surface area (Å²) in [6.07, 6.45) is 0. The number of nitriles is 1. The molecule has 0 aliphatic rings. The number of hydrogen-bond donors (Lipinski definition) is 0. The Morgan fingerprint density at radius 3 is 2.44 bits per heavy atom. The van der Waals surface area contributed by atoms with Gasteiger partial charge in [-0.2, -0.15) is 5.26 Å². The summed E-state index contributed by atoms with van der Waals surface area (Å²) in [6.45, 7) is 8.51. The molecule has 0 aliphatic carbocycles. The van der Waals surface area contributed by atoms with Crippen molar-refractivity contribution in [1.82, 2.24) is 0 Å². The standard InChI is InChI=1S/C14H15NO/c1-9-5-10-7-11(8-15)16-13(10)12(6-9)14(2,3)4/h5-7H,1-4H3. The summed E-state index contributed by atoms with van der Waals surface area (Å²) in [4.78, 5) is 0. The third-order valence-electron chi connectivity index (χ3n) is 2.68. The van der Waals surface area contributed by atoms with E-state index in [2.05, 4.69) is 39.8 Å². The Balaban J connectivity index is 2.83. The topological polar surface area (TPSA) is 36.9 Å². The van der Waals surface area contributed by atoms with Gasteiger partial charge in [0.2, 0.25) is 5.76 Å². The fraction of sp³-hybridized carbons (Fsp3) is 0.357. The van der Waals surface area contributed by atoms with Crippen LogP contribution in [0.5, 0.6) is 0 Å². The zero-order valence-corrected chi connectivity index (χ0v) is 10.1. The smallest absolute Gasteiger partial charge is 0.204 e. The van der Waals surface area contributed by atoms with E-state index in [1.54, 1.807) is 6.07 Å². The van der Waals surface area contributed by atoms with Gasteiger partial charge in [0.1, 0.15) is 11.7 Å². The summed E-state index contributed by atoms with van der Waals surface area (Å²) < 4.78 is 5.57. The van der Waals surface area contributed by atoms with Gasteiger partial charge >= 0.3 is 0 Å². The highest BCUT2D eigenvalue weighted by molar-refractivity contribution is 5.83. The van der Waals surface area contributed by atoms with Crippen LogP contribution in [0.4, 0.5) is 0 Å². The van der Waals surface area contributed by atoms with E-state index in [0.29, 0.717) is 5.76 Å². The Labute approximate surface area is 95.5 Å². The summed E-state index contributed by atoms with van der Waals surface area (Å²) in [5, 5.41) is 9.87. The molecule has 0 aliphatic heterocycles. The largest absolute Gasteiger partial charge is 0.445 e. The second-order valence-electron chi connectivity index (χ2n) is 5.20. The molecule has 0 spiro atoms. The van der Waals surface area contributed by atoms with Crippen LogP contribution >= 0.6 is 0 Å². The normalized spacial score (nSPS) is 11.7. The summed E-state index contributed by atoms with van der Waals surface area (Å²) in [6, 6.07) is 8.03. The van der Waals surface area contributed by atoms with Crippen molar-refractivity contribution in [2.45, 2.75) is 33.1 Å². The van der Waals surface area contributed by atoms with E-state index in [4.69, 9.17) is 9.68 Å². The number of benzene rings is 1. The maximum Gasteiger partial charge on any atom is 0.204 e. The van der Waals surface area contributed by atoms with Crippen LogP contribution < -0.4 is 0 Å². The number of fused-ring (bicyclic) bond motifs is 1. The Hall–Kier alpha value is -1.75. The van der Waals surface area contributed by atoms with Gasteiger partial charge in [-0.1, -0.05) is 26.8 Å². The van der Waals surface area contributed by atoms with Crippen molar-refractivity contribution in [3.05, 3.63) is 35.1 Å². The van der Waals surface area contributed by atoms with E-state index in [1.165, 1.54) is 5.56 Å². The fourth-order valence-electron chi connectivity index (χ4n) is 1.92. The summed E-state index contributed by atoms with van der Waals surface area (Å²) in [5.74, 6) is 0.381. The molecule has 2 heteroatoms. The molecule has 16 heavy (non-hydrogen) atoms. The molecule has 0 fully saturated rings. The van der Waals surface area contributed by atoms with E-state index in [0.717, 1.165) is 16.5 Å². The lowest BCUT2D eigenvalue weighted by molar-refractivity contribution is 0.552. The van der Waals surface area contributed by atoms with E-state index < -0.39 is 0 Å². The van der Waals surface area contributed by atoms with Crippen LogP contribution in [0.2, 0.25) is 0 Å². The van der Waals surface area contributed by atoms with Gasteiger partial charge < -0.3 is 4.42 Å². The molecule has 2 rings (SSSR count). The number of nitrogens with zero attached hydrogens (tertiary/aromatic N) is 1. The lowest BCUT2D eigenvalue weighted by Gasteiger charge is -2.19. The SMILES string of the molecule is Cc1cc(C(C)(C)C)c2oc(C#N)cc2c1. The number of rotatable bonds is 0. The molecule has 2 nitrogen and oxygen atoms in total. The molecule has 2 aromatic rings. The van der Waals surface area contributed by atoms with Gasteiger partial charge in [-0.25, -0.2) is 0 Å². The summed E-state index contributed by atoms with van der Waals surface area (Å²) >= 11 is 0. The van der Waals surface area contributed by atoms with Gasteiger partial charge in [-0.05, 0) is 24.0 Å².